The molecule has 0 aromatic heterocycles. The van der Waals surface area contributed by atoms with Crippen molar-refractivity contribution in [2.24, 2.45) is 11.6 Å². The van der Waals surface area contributed by atoms with Gasteiger partial charge >= 0.3 is 0 Å². The van der Waals surface area contributed by atoms with Gasteiger partial charge in [-0.3, -0.25) is 5.84 Å². The van der Waals surface area contributed by atoms with Gasteiger partial charge in [0, 0.05) is 25.2 Å². The molecule has 0 spiro atoms. The summed E-state index contributed by atoms with van der Waals surface area (Å²) < 4.78 is 13.3. The van der Waals surface area contributed by atoms with Crippen molar-refractivity contribution in [2.45, 2.75) is 20.4 Å². The van der Waals surface area contributed by atoms with Crippen molar-refractivity contribution in [3.05, 3.63) is 52.3 Å². The highest BCUT2D eigenvalue weighted by Gasteiger charge is 2.15. The van der Waals surface area contributed by atoms with E-state index in [4.69, 9.17) is 35.3 Å². The van der Waals surface area contributed by atoms with Crippen molar-refractivity contribution in [2.75, 3.05) is 18.8 Å². The van der Waals surface area contributed by atoms with Gasteiger partial charge in [-0.2, -0.15) is 0 Å². The summed E-state index contributed by atoms with van der Waals surface area (Å²) >= 11 is 6.05. The Balaban J connectivity index is 0.000000450. The van der Waals surface area contributed by atoms with Gasteiger partial charge in [0.1, 0.15) is 5.82 Å². The van der Waals surface area contributed by atoms with Crippen LogP contribution in [0, 0.1) is 18.2 Å². The van der Waals surface area contributed by atoms with Crippen LogP contribution in [-0.2, 0) is 6.54 Å². The highest BCUT2D eigenvalue weighted by Crippen LogP contribution is 2.36. The third kappa shape index (κ3) is 5.45. The lowest BCUT2D eigenvalue weighted by Gasteiger charge is -2.14. The van der Waals surface area contributed by atoms with Crippen LogP contribution in [0.5, 0.6) is 0 Å². The number of rotatable bonds is 4. The fourth-order valence-corrected chi connectivity index (χ4v) is 2.53. The number of nitrogens with zero attached hydrogens (tertiary/aromatic N) is 1. The third-order valence-electron chi connectivity index (χ3n) is 3.69. The van der Waals surface area contributed by atoms with Gasteiger partial charge in [-0.05, 0) is 29.3 Å². The lowest BCUT2D eigenvalue weighted by Crippen LogP contribution is -2.29. The van der Waals surface area contributed by atoms with Crippen LogP contribution >= 0.6 is 11.6 Å². The van der Waals surface area contributed by atoms with Crippen LogP contribution in [0.1, 0.15) is 25.0 Å². The summed E-state index contributed by atoms with van der Waals surface area (Å²) in [7, 11) is 0. The van der Waals surface area contributed by atoms with E-state index in [1.807, 2.05) is 13.8 Å². The van der Waals surface area contributed by atoms with Crippen LogP contribution in [0.25, 0.3) is 11.1 Å². The Hall–Kier alpha value is -2.10. The van der Waals surface area contributed by atoms with E-state index in [0.717, 1.165) is 18.7 Å². The van der Waals surface area contributed by atoms with Crippen LogP contribution in [0.4, 0.5) is 10.1 Å². The third-order valence-corrected chi connectivity index (χ3v) is 3.99. The minimum Gasteiger partial charge on any atom is -0.397 e. The Morgan fingerprint density at radius 1 is 1.24 bits per heavy atom. The maximum atomic E-state index is 13.3. The number of benzene rings is 2. The van der Waals surface area contributed by atoms with Crippen LogP contribution in [0.2, 0.25) is 5.02 Å². The molecule has 6 N–H and O–H groups in total. The highest BCUT2D eigenvalue weighted by atomic mass is 35.5. The van der Waals surface area contributed by atoms with Crippen LogP contribution in [0.15, 0.2) is 30.3 Å². The number of nitrogen functional groups attached to an aromatic ring is 1. The number of anilines is 1. The molecule has 4 nitrogen and oxygen atoms in total. The van der Waals surface area contributed by atoms with Crippen LogP contribution in [0.3, 0.4) is 0 Å². The maximum absolute atomic E-state index is 13.3. The first-order valence-corrected chi connectivity index (χ1v) is 8.30. The largest absolute Gasteiger partial charge is 0.397 e. The van der Waals surface area contributed by atoms with Crippen molar-refractivity contribution in [1.82, 2.24) is 5.01 Å². The van der Waals surface area contributed by atoms with Crippen LogP contribution < -0.4 is 17.3 Å². The second-order valence-corrected chi connectivity index (χ2v) is 5.67. The lowest BCUT2D eigenvalue weighted by molar-refractivity contribution is 0.316. The van der Waals surface area contributed by atoms with Gasteiger partial charge in [-0.15, -0.1) is 6.42 Å². The molecule has 0 aliphatic rings. The number of hydrazine groups is 1. The molecule has 0 amide bonds. The molecule has 0 aliphatic heterocycles. The highest BCUT2D eigenvalue weighted by molar-refractivity contribution is 6.32. The minimum atomic E-state index is -0.350. The summed E-state index contributed by atoms with van der Waals surface area (Å²) in [4.78, 5) is 0. The normalized spacial score (nSPS) is 10.2. The van der Waals surface area contributed by atoms with Gasteiger partial charge in [0.2, 0.25) is 0 Å². The monoisotopic (exact) mass is 362 g/mol. The van der Waals surface area contributed by atoms with E-state index in [9.17, 15) is 4.39 Å². The van der Waals surface area contributed by atoms with Crippen LogP contribution in [-0.4, -0.2) is 18.1 Å². The molecule has 25 heavy (non-hydrogen) atoms. The summed E-state index contributed by atoms with van der Waals surface area (Å²) in [6, 6.07) is 7.78. The first kappa shape index (κ1) is 20.9. The Bertz CT molecular complexity index is 752. The fraction of sp³-hybridized carbons (Fsp3) is 0.263. The standard InChI is InChI=1S/C15H12ClFN2.C4H12N2/c1-2-12-13(16)7-10(8-18)14(15(12)19)9-4-3-5-11(17)6-9;1-3-6(5)4-2/h1,3-7H,8,18-19H2;3-5H2,1-2H3. The van der Waals surface area contributed by atoms with E-state index in [-0.39, 0.29) is 12.4 Å². The number of hydrogen-bond donors (Lipinski definition) is 3. The van der Waals surface area contributed by atoms with Crippen molar-refractivity contribution in [3.8, 4) is 23.5 Å². The lowest BCUT2D eigenvalue weighted by atomic mass is 9.94. The number of halogens is 2. The smallest absolute Gasteiger partial charge is 0.123 e. The van der Waals surface area contributed by atoms with Gasteiger partial charge in [0.05, 0.1) is 16.3 Å². The maximum Gasteiger partial charge on any atom is 0.123 e. The molecular weight excluding hydrogens is 339 g/mol. The zero-order valence-electron chi connectivity index (χ0n) is 14.5. The van der Waals surface area contributed by atoms with Gasteiger partial charge in [-0.25, -0.2) is 9.40 Å². The van der Waals surface area contributed by atoms with E-state index in [2.05, 4.69) is 5.92 Å². The van der Waals surface area contributed by atoms with Crippen molar-refractivity contribution < 1.29 is 4.39 Å². The first-order chi connectivity index (χ1) is 11.9. The van der Waals surface area contributed by atoms with E-state index in [0.29, 0.717) is 27.4 Å². The zero-order chi connectivity index (χ0) is 19.0. The molecule has 2 rings (SSSR count). The molecule has 0 bridgehead atoms. The zero-order valence-corrected chi connectivity index (χ0v) is 15.3. The molecular formula is C19H24ClFN4. The molecule has 134 valence electrons. The molecule has 0 saturated heterocycles. The van der Waals surface area contributed by atoms with Gasteiger partial charge < -0.3 is 11.5 Å². The molecule has 2 aromatic carbocycles. The molecule has 6 heteroatoms. The van der Waals surface area contributed by atoms with E-state index >= 15 is 0 Å². The second-order valence-electron chi connectivity index (χ2n) is 5.26. The summed E-state index contributed by atoms with van der Waals surface area (Å²) in [6.45, 7) is 6.18. The molecule has 0 saturated carbocycles. The summed E-state index contributed by atoms with van der Waals surface area (Å²) in [6.07, 6.45) is 5.40. The van der Waals surface area contributed by atoms with E-state index in [1.54, 1.807) is 23.2 Å². The molecule has 0 heterocycles. The molecule has 0 fully saturated rings. The summed E-state index contributed by atoms with van der Waals surface area (Å²) in [5.74, 6) is 7.40. The molecule has 2 aromatic rings. The average Bonchev–Trinajstić information content (AvgIpc) is 2.61. The predicted molar refractivity (Wildman–Crippen MR) is 104 cm³/mol. The number of hydrogen-bond acceptors (Lipinski definition) is 4. The van der Waals surface area contributed by atoms with Crippen molar-refractivity contribution >= 4 is 17.3 Å². The Kier molecular flexibility index (Phi) is 8.39. The van der Waals surface area contributed by atoms with E-state index < -0.39 is 0 Å². The predicted octanol–water partition coefficient (Wildman–Crippen LogP) is 3.37. The summed E-state index contributed by atoms with van der Waals surface area (Å²) in [5, 5.41) is 2.13. The van der Waals surface area contributed by atoms with E-state index in [1.165, 1.54) is 12.1 Å². The average molecular weight is 363 g/mol. The quantitative estimate of drug-likeness (QED) is 0.337. The summed E-state index contributed by atoms with van der Waals surface area (Å²) in [5.41, 5.74) is 14.5. The number of terminal acetylenes is 1. The van der Waals surface area contributed by atoms with Gasteiger partial charge in [0.15, 0.2) is 0 Å². The topological polar surface area (TPSA) is 81.3 Å². The van der Waals surface area contributed by atoms with Gasteiger partial charge in [0.25, 0.3) is 0 Å². The fourth-order valence-electron chi connectivity index (χ4n) is 2.24. The van der Waals surface area contributed by atoms with Gasteiger partial charge in [-0.1, -0.05) is 43.5 Å². The van der Waals surface area contributed by atoms with Crippen molar-refractivity contribution in [1.29, 1.82) is 0 Å². The molecule has 0 radical (unpaired) electrons. The van der Waals surface area contributed by atoms with Crippen molar-refractivity contribution in [3.63, 3.8) is 0 Å². The SMILES string of the molecule is C#Cc1c(Cl)cc(CN)c(-c2cccc(F)c2)c1N.CCN(N)CC. The number of nitrogens with two attached hydrogens (primary N) is 3. The first-order valence-electron chi connectivity index (χ1n) is 7.92. The Labute approximate surface area is 153 Å². The Morgan fingerprint density at radius 3 is 2.32 bits per heavy atom. The molecule has 0 aliphatic carbocycles. The minimum absolute atomic E-state index is 0.237. The Morgan fingerprint density at radius 2 is 1.88 bits per heavy atom. The molecule has 0 unspecified atom stereocenters. The molecule has 0 atom stereocenters. The second kappa shape index (κ2) is 10.0.